The molecule has 2 saturated carbocycles. The largest absolute Gasteiger partial charge is 0.490 e. The lowest BCUT2D eigenvalue weighted by Crippen LogP contribution is -2.19. The average Bonchev–Trinajstić information content (AvgIpc) is 2.41. The molecule has 2 aliphatic carbocycles. The van der Waals surface area contributed by atoms with Crippen molar-refractivity contribution in [1.82, 2.24) is 0 Å². The van der Waals surface area contributed by atoms with Crippen LogP contribution in [0.15, 0.2) is 24.3 Å². The van der Waals surface area contributed by atoms with Crippen molar-refractivity contribution in [2.24, 2.45) is 11.8 Å². The summed E-state index contributed by atoms with van der Waals surface area (Å²) in [7, 11) is 0. The number of aryl methyl sites for hydroxylation is 1. The molecule has 120 valence electrons. The molecular formula is C19H24F2O. The van der Waals surface area contributed by atoms with E-state index in [1.54, 1.807) is 12.1 Å². The van der Waals surface area contributed by atoms with Gasteiger partial charge in [-0.15, -0.1) is 0 Å². The Hall–Kier alpha value is -1.38. The summed E-state index contributed by atoms with van der Waals surface area (Å²) in [5.74, 6) is -0.302. The standard InChI is InChI=1S/C19H24F2O/c20-18-16(10-2-1-5-14-6-3-7-14)11-12-17(19(18)21)22-13-15-8-4-9-15/h1,5,11-12,14-15H,2-4,6-10,13H2/b5-1+. The predicted molar refractivity (Wildman–Crippen MR) is 84.0 cm³/mol. The number of halogens is 2. The van der Waals surface area contributed by atoms with Gasteiger partial charge in [0.25, 0.3) is 0 Å². The molecule has 0 aliphatic heterocycles. The molecule has 22 heavy (non-hydrogen) atoms. The van der Waals surface area contributed by atoms with E-state index >= 15 is 0 Å². The van der Waals surface area contributed by atoms with Crippen molar-refractivity contribution < 1.29 is 13.5 Å². The third kappa shape index (κ3) is 3.68. The molecule has 1 aromatic carbocycles. The van der Waals surface area contributed by atoms with Crippen LogP contribution in [0, 0.1) is 23.5 Å². The molecule has 0 N–H and O–H groups in total. The predicted octanol–water partition coefficient (Wildman–Crippen LogP) is 5.43. The fourth-order valence-electron chi connectivity index (χ4n) is 2.90. The average molecular weight is 306 g/mol. The molecule has 0 bridgehead atoms. The quantitative estimate of drug-likeness (QED) is 0.610. The van der Waals surface area contributed by atoms with Gasteiger partial charge in [-0.3, -0.25) is 0 Å². The summed E-state index contributed by atoms with van der Waals surface area (Å²) in [5.41, 5.74) is 0.437. The van der Waals surface area contributed by atoms with Gasteiger partial charge in [-0.25, -0.2) is 4.39 Å². The Morgan fingerprint density at radius 1 is 1.05 bits per heavy atom. The van der Waals surface area contributed by atoms with Gasteiger partial charge in [-0.2, -0.15) is 4.39 Å². The van der Waals surface area contributed by atoms with E-state index in [0.29, 0.717) is 30.4 Å². The van der Waals surface area contributed by atoms with Crippen molar-refractivity contribution in [2.45, 2.75) is 51.4 Å². The molecule has 0 unspecified atom stereocenters. The number of hydrogen-bond acceptors (Lipinski definition) is 1. The SMILES string of the molecule is Fc1c(CC/C=C/C2CCC2)ccc(OCC2CCC2)c1F. The Labute approximate surface area is 131 Å². The first kappa shape index (κ1) is 15.5. The molecule has 1 aromatic rings. The fraction of sp³-hybridized carbons (Fsp3) is 0.579. The highest BCUT2D eigenvalue weighted by molar-refractivity contribution is 5.31. The van der Waals surface area contributed by atoms with Crippen LogP contribution in [0.2, 0.25) is 0 Å². The van der Waals surface area contributed by atoms with Gasteiger partial charge >= 0.3 is 0 Å². The highest BCUT2D eigenvalue weighted by Gasteiger charge is 2.20. The molecule has 2 fully saturated rings. The fourth-order valence-corrected chi connectivity index (χ4v) is 2.90. The van der Waals surface area contributed by atoms with Gasteiger partial charge in [0, 0.05) is 0 Å². The van der Waals surface area contributed by atoms with Crippen molar-refractivity contribution in [3.63, 3.8) is 0 Å². The van der Waals surface area contributed by atoms with E-state index in [9.17, 15) is 8.78 Å². The van der Waals surface area contributed by atoms with Gasteiger partial charge in [0.15, 0.2) is 11.6 Å². The van der Waals surface area contributed by atoms with Crippen LogP contribution < -0.4 is 4.74 Å². The highest BCUT2D eigenvalue weighted by atomic mass is 19.2. The number of ether oxygens (including phenoxy) is 1. The molecule has 1 nitrogen and oxygen atoms in total. The molecule has 0 radical (unpaired) electrons. The van der Waals surface area contributed by atoms with Crippen molar-refractivity contribution in [3.8, 4) is 5.75 Å². The van der Waals surface area contributed by atoms with Crippen molar-refractivity contribution >= 4 is 0 Å². The van der Waals surface area contributed by atoms with Gasteiger partial charge in [0.2, 0.25) is 5.82 Å². The molecule has 2 aliphatic rings. The lowest BCUT2D eigenvalue weighted by Gasteiger charge is -2.25. The molecule has 0 spiro atoms. The third-order valence-electron chi connectivity index (χ3n) is 4.96. The monoisotopic (exact) mass is 306 g/mol. The minimum Gasteiger partial charge on any atom is -0.490 e. The molecule has 0 aromatic heterocycles. The van der Waals surface area contributed by atoms with Crippen molar-refractivity contribution in [2.75, 3.05) is 6.61 Å². The van der Waals surface area contributed by atoms with Crippen molar-refractivity contribution in [3.05, 3.63) is 41.5 Å². The van der Waals surface area contributed by atoms with E-state index in [1.165, 1.54) is 25.7 Å². The van der Waals surface area contributed by atoms with Crippen LogP contribution in [0.25, 0.3) is 0 Å². The first-order valence-corrected chi connectivity index (χ1v) is 8.50. The Kier molecular flexibility index (Phi) is 5.12. The second kappa shape index (κ2) is 7.26. The third-order valence-corrected chi connectivity index (χ3v) is 4.96. The van der Waals surface area contributed by atoms with Crippen LogP contribution in [-0.4, -0.2) is 6.61 Å². The molecule has 3 heteroatoms. The normalized spacial score (nSPS) is 19.2. The summed E-state index contributed by atoms with van der Waals surface area (Å²) in [6.45, 7) is 0.500. The van der Waals surface area contributed by atoms with E-state index in [1.807, 2.05) is 0 Å². The summed E-state index contributed by atoms with van der Waals surface area (Å²) in [4.78, 5) is 0. The maximum absolute atomic E-state index is 14.1. The molecule has 0 saturated heterocycles. The molecule has 0 heterocycles. The van der Waals surface area contributed by atoms with E-state index in [0.717, 1.165) is 19.3 Å². The summed E-state index contributed by atoms with van der Waals surface area (Å²) in [6, 6.07) is 3.23. The Bertz CT molecular complexity index is 530. The van der Waals surface area contributed by atoms with Crippen LogP contribution in [0.5, 0.6) is 5.75 Å². The van der Waals surface area contributed by atoms with E-state index in [2.05, 4.69) is 12.2 Å². The molecule has 3 rings (SSSR count). The summed E-state index contributed by atoms with van der Waals surface area (Å²) in [5, 5.41) is 0. The van der Waals surface area contributed by atoms with Gasteiger partial charge in [0.05, 0.1) is 6.61 Å². The Morgan fingerprint density at radius 3 is 2.45 bits per heavy atom. The van der Waals surface area contributed by atoms with E-state index in [-0.39, 0.29) is 5.75 Å². The first-order chi connectivity index (χ1) is 10.7. The number of rotatable bonds is 7. The Morgan fingerprint density at radius 2 is 1.82 bits per heavy atom. The zero-order valence-electron chi connectivity index (χ0n) is 13.0. The zero-order chi connectivity index (χ0) is 15.4. The van der Waals surface area contributed by atoms with Gasteiger partial charge in [-0.05, 0) is 62.0 Å². The topological polar surface area (TPSA) is 9.23 Å². The van der Waals surface area contributed by atoms with Gasteiger partial charge in [-0.1, -0.05) is 31.1 Å². The second-order valence-electron chi connectivity index (χ2n) is 6.62. The zero-order valence-corrected chi connectivity index (χ0v) is 13.0. The summed E-state index contributed by atoms with van der Waals surface area (Å²) in [6.07, 6.45) is 13.0. The number of allylic oxidation sites excluding steroid dienone is 2. The van der Waals surface area contributed by atoms with Crippen LogP contribution in [0.4, 0.5) is 8.78 Å². The van der Waals surface area contributed by atoms with E-state index < -0.39 is 11.6 Å². The molecule has 0 amide bonds. The first-order valence-electron chi connectivity index (χ1n) is 8.50. The minimum atomic E-state index is -0.834. The molecular weight excluding hydrogens is 282 g/mol. The maximum atomic E-state index is 14.1. The van der Waals surface area contributed by atoms with Gasteiger partial charge < -0.3 is 4.74 Å². The second-order valence-corrected chi connectivity index (χ2v) is 6.62. The van der Waals surface area contributed by atoms with Crippen LogP contribution >= 0.6 is 0 Å². The van der Waals surface area contributed by atoms with Crippen LogP contribution in [0.1, 0.15) is 50.5 Å². The highest BCUT2D eigenvalue weighted by Crippen LogP contribution is 2.30. The molecule has 0 atom stereocenters. The van der Waals surface area contributed by atoms with E-state index in [4.69, 9.17) is 4.74 Å². The number of benzene rings is 1. The summed E-state index contributed by atoms with van der Waals surface area (Å²) < 4.78 is 33.5. The van der Waals surface area contributed by atoms with Crippen LogP contribution in [0.3, 0.4) is 0 Å². The van der Waals surface area contributed by atoms with Crippen LogP contribution in [-0.2, 0) is 6.42 Å². The van der Waals surface area contributed by atoms with Crippen molar-refractivity contribution in [1.29, 1.82) is 0 Å². The smallest absolute Gasteiger partial charge is 0.200 e. The summed E-state index contributed by atoms with van der Waals surface area (Å²) >= 11 is 0. The minimum absolute atomic E-state index is 0.0539. The lowest BCUT2D eigenvalue weighted by atomic mass is 9.85. The number of hydrogen-bond donors (Lipinski definition) is 0. The van der Waals surface area contributed by atoms with Gasteiger partial charge in [0.1, 0.15) is 0 Å². The Balaban J connectivity index is 1.52. The lowest BCUT2D eigenvalue weighted by molar-refractivity contribution is 0.174. The maximum Gasteiger partial charge on any atom is 0.200 e.